The van der Waals surface area contributed by atoms with Crippen LogP contribution in [0.5, 0.6) is 5.88 Å². The van der Waals surface area contributed by atoms with Crippen LogP contribution in [0, 0.1) is 0 Å². The molecule has 0 fully saturated rings. The maximum Gasteiger partial charge on any atom is 0.262 e. The van der Waals surface area contributed by atoms with Gasteiger partial charge in [-0.1, -0.05) is 41.9 Å². The molecule has 5 nitrogen and oxygen atoms in total. The van der Waals surface area contributed by atoms with E-state index in [-0.39, 0.29) is 18.4 Å². The summed E-state index contributed by atoms with van der Waals surface area (Å²) in [5.41, 5.74) is 1.85. The molecule has 1 aromatic heterocycles. The normalized spacial score (nSPS) is 11.9. The number of nitrogens with zero attached hydrogens (tertiary/aromatic N) is 1. The SMILES string of the molecule is COCC(COc1noc2ccc(Cl)cc12)NCc1ccccc1.Cl. The first kappa shape index (κ1) is 19.5. The third-order valence-electron chi connectivity index (χ3n) is 3.63. The largest absolute Gasteiger partial charge is 0.473 e. The molecule has 0 saturated heterocycles. The predicted octanol–water partition coefficient (Wildman–Crippen LogP) is 4.09. The third kappa shape index (κ3) is 5.34. The highest BCUT2D eigenvalue weighted by atomic mass is 35.5. The van der Waals surface area contributed by atoms with Gasteiger partial charge in [0.15, 0.2) is 5.58 Å². The first-order valence-corrected chi connectivity index (χ1v) is 8.08. The van der Waals surface area contributed by atoms with E-state index in [2.05, 4.69) is 22.6 Å². The number of rotatable bonds is 8. The summed E-state index contributed by atoms with van der Waals surface area (Å²) in [5, 5.41) is 8.77. The smallest absolute Gasteiger partial charge is 0.262 e. The highest BCUT2D eigenvalue weighted by Crippen LogP contribution is 2.27. The molecule has 0 aliphatic rings. The van der Waals surface area contributed by atoms with Gasteiger partial charge in [0.05, 0.1) is 18.0 Å². The van der Waals surface area contributed by atoms with Gasteiger partial charge in [-0.2, -0.15) is 0 Å². The van der Waals surface area contributed by atoms with Crippen LogP contribution in [0.25, 0.3) is 11.0 Å². The summed E-state index contributed by atoms with van der Waals surface area (Å²) in [5.74, 6) is 0.440. The monoisotopic (exact) mass is 382 g/mol. The van der Waals surface area contributed by atoms with Crippen molar-refractivity contribution in [2.45, 2.75) is 12.6 Å². The van der Waals surface area contributed by atoms with E-state index in [1.165, 1.54) is 5.56 Å². The van der Waals surface area contributed by atoms with E-state index in [4.69, 9.17) is 25.6 Å². The minimum absolute atomic E-state index is 0. The Hall–Kier alpha value is -1.79. The van der Waals surface area contributed by atoms with Gasteiger partial charge in [0.2, 0.25) is 0 Å². The van der Waals surface area contributed by atoms with Gasteiger partial charge in [0.1, 0.15) is 6.61 Å². The molecule has 3 aromatic rings. The van der Waals surface area contributed by atoms with Crippen LogP contribution in [0.15, 0.2) is 53.1 Å². The second-order valence-electron chi connectivity index (χ2n) is 5.46. The van der Waals surface area contributed by atoms with E-state index in [1.807, 2.05) is 18.2 Å². The summed E-state index contributed by atoms with van der Waals surface area (Å²) in [7, 11) is 1.67. The van der Waals surface area contributed by atoms with Gasteiger partial charge >= 0.3 is 0 Å². The summed E-state index contributed by atoms with van der Waals surface area (Å²) >= 11 is 6.02. The van der Waals surface area contributed by atoms with Gasteiger partial charge < -0.3 is 19.3 Å². The number of ether oxygens (including phenoxy) is 2. The molecule has 1 heterocycles. The molecule has 2 aromatic carbocycles. The molecule has 25 heavy (non-hydrogen) atoms. The lowest BCUT2D eigenvalue weighted by Gasteiger charge is -2.17. The maximum absolute atomic E-state index is 6.02. The van der Waals surface area contributed by atoms with Gasteiger partial charge in [-0.3, -0.25) is 0 Å². The fourth-order valence-electron chi connectivity index (χ4n) is 2.40. The van der Waals surface area contributed by atoms with Crippen molar-refractivity contribution in [2.75, 3.05) is 20.3 Å². The molecule has 0 saturated carbocycles. The second kappa shape index (κ2) is 9.63. The zero-order valence-electron chi connectivity index (χ0n) is 13.8. The van der Waals surface area contributed by atoms with E-state index in [9.17, 15) is 0 Å². The number of benzene rings is 2. The van der Waals surface area contributed by atoms with Crippen molar-refractivity contribution in [1.82, 2.24) is 10.5 Å². The number of halogens is 2. The molecule has 0 spiro atoms. The summed E-state index contributed by atoms with van der Waals surface area (Å²) in [6.07, 6.45) is 0. The van der Waals surface area contributed by atoms with Crippen molar-refractivity contribution in [1.29, 1.82) is 0 Å². The van der Waals surface area contributed by atoms with Crippen LogP contribution in [0.4, 0.5) is 0 Å². The van der Waals surface area contributed by atoms with Crippen molar-refractivity contribution < 1.29 is 14.0 Å². The minimum Gasteiger partial charge on any atom is -0.473 e. The molecule has 0 aliphatic heterocycles. The lowest BCUT2D eigenvalue weighted by atomic mass is 10.2. The first-order chi connectivity index (χ1) is 11.8. The molecule has 1 unspecified atom stereocenters. The molecular weight excluding hydrogens is 363 g/mol. The molecule has 0 aliphatic carbocycles. The van der Waals surface area contributed by atoms with Gasteiger partial charge in [0, 0.05) is 18.7 Å². The molecule has 0 amide bonds. The van der Waals surface area contributed by atoms with Crippen LogP contribution in [-0.4, -0.2) is 31.5 Å². The summed E-state index contributed by atoms with van der Waals surface area (Å²) in [4.78, 5) is 0. The van der Waals surface area contributed by atoms with Gasteiger partial charge in [-0.25, -0.2) is 0 Å². The zero-order chi connectivity index (χ0) is 16.8. The van der Waals surface area contributed by atoms with Crippen molar-refractivity contribution in [3.8, 4) is 5.88 Å². The Morgan fingerprint density at radius 2 is 1.96 bits per heavy atom. The molecule has 1 atom stereocenters. The van der Waals surface area contributed by atoms with Crippen LogP contribution >= 0.6 is 24.0 Å². The average molecular weight is 383 g/mol. The van der Waals surface area contributed by atoms with E-state index in [1.54, 1.807) is 25.3 Å². The number of methoxy groups -OCH3 is 1. The number of aromatic nitrogens is 1. The Morgan fingerprint density at radius 1 is 1.16 bits per heavy atom. The number of hydrogen-bond acceptors (Lipinski definition) is 5. The molecule has 0 radical (unpaired) electrons. The Morgan fingerprint density at radius 3 is 2.72 bits per heavy atom. The number of hydrogen-bond donors (Lipinski definition) is 1. The number of nitrogens with one attached hydrogen (secondary N) is 1. The topological polar surface area (TPSA) is 56.5 Å². The highest BCUT2D eigenvalue weighted by Gasteiger charge is 2.14. The molecular formula is C18H20Cl2N2O3. The van der Waals surface area contributed by atoms with E-state index < -0.39 is 0 Å². The average Bonchev–Trinajstić information content (AvgIpc) is 3.00. The summed E-state index contributed by atoms with van der Waals surface area (Å²) in [6.45, 7) is 1.68. The van der Waals surface area contributed by atoms with E-state index >= 15 is 0 Å². The Labute approximate surface area is 157 Å². The molecule has 3 rings (SSSR count). The van der Waals surface area contributed by atoms with E-state index in [0.29, 0.717) is 29.7 Å². The molecule has 7 heteroatoms. The summed E-state index contributed by atoms with van der Waals surface area (Å²) in [6, 6.07) is 15.5. The minimum atomic E-state index is 0. The first-order valence-electron chi connectivity index (χ1n) is 7.70. The van der Waals surface area contributed by atoms with Crippen LogP contribution in [-0.2, 0) is 11.3 Å². The maximum atomic E-state index is 6.02. The second-order valence-corrected chi connectivity index (χ2v) is 5.89. The quantitative estimate of drug-likeness (QED) is 0.635. The fraction of sp³-hybridized carbons (Fsp3) is 0.278. The van der Waals surface area contributed by atoms with Crippen LogP contribution in [0.3, 0.4) is 0 Å². The van der Waals surface area contributed by atoms with Gasteiger partial charge in [-0.05, 0) is 28.9 Å². The molecule has 1 N–H and O–H groups in total. The zero-order valence-corrected chi connectivity index (χ0v) is 15.3. The van der Waals surface area contributed by atoms with Crippen LogP contribution < -0.4 is 10.1 Å². The fourth-order valence-corrected chi connectivity index (χ4v) is 2.57. The molecule has 134 valence electrons. The standard InChI is InChI=1S/C18H19ClN2O3.ClH/c1-22-11-15(20-10-13-5-3-2-4-6-13)12-23-18-16-9-14(19)7-8-17(16)24-21-18;/h2-9,15,20H,10-12H2,1H3;1H. The Kier molecular flexibility index (Phi) is 7.52. The predicted molar refractivity (Wildman–Crippen MR) is 101 cm³/mol. The Bertz CT molecular complexity index is 780. The van der Waals surface area contributed by atoms with Gasteiger partial charge in [-0.15, -0.1) is 12.4 Å². The lowest BCUT2D eigenvalue weighted by molar-refractivity contribution is 0.132. The summed E-state index contributed by atoms with van der Waals surface area (Å²) < 4.78 is 16.3. The van der Waals surface area contributed by atoms with E-state index in [0.717, 1.165) is 11.9 Å². The highest BCUT2D eigenvalue weighted by molar-refractivity contribution is 6.31. The van der Waals surface area contributed by atoms with Crippen LogP contribution in [0.2, 0.25) is 5.02 Å². The van der Waals surface area contributed by atoms with Crippen molar-refractivity contribution in [3.63, 3.8) is 0 Å². The Balaban J connectivity index is 0.00000225. The van der Waals surface area contributed by atoms with Crippen molar-refractivity contribution in [2.24, 2.45) is 0 Å². The lowest BCUT2D eigenvalue weighted by Crippen LogP contribution is -2.38. The third-order valence-corrected chi connectivity index (χ3v) is 3.86. The van der Waals surface area contributed by atoms with Crippen molar-refractivity contribution >= 4 is 35.0 Å². The molecule has 0 bridgehead atoms. The van der Waals surface area contributed by atoms with Crippen LogP contribution in [0.1, 0.15) is 5.56 Å². The van der Waals surface area contributed by atoms with Gasteiger partial charge in [0.25, 0.3) is 5.88 Å². The number of fused-ring (bicyclic) bond motifs is 1. The van der Waals surface area contributed by atoms with Crippen molar-refractivity contribution in [3.05, 3.63) is 59.1 Å².